The molecular formula is C23H27ClN4O2. The molecule has 0 saturated carbocycles. The van der Waals surface area contributed by atoms with Crippen LogP contribution in [0.25, 0.3) is 0 Å². The Labute approximate surface area is 181 Å². The van der Waals surface area contributed by atoms with Gasteiger partial charge in [0.25, 0.3) is 5.91 Å². The van der Waals surface area contributed by atoms with E-state index in [9.17, 15) is 4.79 Å². The number of oxazole rings is 1. The number of piperidine rings is 1. The lowest BCUT2D eigenvalue weighted by molar-refractivity contribution is 0.0564. The van der Waals surface area contributed by atoms with Gasteiger partial charge < -0.3 is 9.32 Å². The van der Waals surface area contributed by atoms with Crippen LogP contribution in [0.5, 0.6) is 0 Å². The van der Waals surface area contributed by atoms with Gasteiger partial charge in [-0.05, 0) is 43.0 Å². The van der Waals surface area contributed by atoms with Crippen molar-refractivity contribution < 1.29 is 9.21 Å². The minimum absolute atomic E-state index is 0.0824. The first-order chi connectivity index (χ1) is 14.3. The standard InChI is InChI=1S/C23H27ClN4O2/c1-23(2,3)20-13-18(26-27-20)22(29)28-10-5-4-9-19(28)21-25-14-17(30-21)12-15-7-6-8-16(24)11-15/h6-8,11,13-14,19H,4-5,9-10,12H2,1-3H3,(H,26,27). The first-order valence-electron chi connectivity index (χ1n) is 10.4. The fourth-order valence-electron chi connectivity index (χ4n) is 3.80. The van der Waals surface area contributed by atoms with Crippen molar-refractivity contribution in [3.63, 3.8) is 0 Å². The maximum atomic E-state index is 13.2. The van der Waals surface area contributed by atoms with Crippen LogP contribution in [0.1, 0.15) is 79.5 Å². The Bertz CT molecular complexity index is 1030. The summed E-state index contributed by atoms with van der Waals surface area (Å²) in [5, 5.41) is 7.98. The number of H-pyrrole nitrogens is 1. The Morgan fingerprint density at radius 3 is 2.87 bits per heavy atom. The zero-order valence-electron chi connectivity index (χ0n) is 17.6. The summed E-state index contributed by atoms with van der Waals surface area (Å²) in [6.45, 7) is 6.94. The van der Waals surface area contributed by atoms with Gasteiger partial charge in [-0.25, -0.2) is 4.98 Å². The summed E-state index contributed by atoms with van der Waals surface area (Å²) in [5.41, 5.74) is 2.36. The Hall–Kier alpha value is -2.60. The van der Waals surface area contributed by atoms with Crippen LogP contribution in [0.3, 0.4) is 0 Å². The molecule has 1 atom stereocenters. The van der Waals surface area contributed by atoms with E-state index < -0.39 is 0 Å². The van der Waals surface area contributed by atoms with Gasteiger partial charge in [0, 0.05) is 29.1 Å². The Morgan fingerprint density at radius 2 is 2.13 bits per heavy atom. The predicted octanol–water partition coefficient (Wildman–Crippen LogP) is 5.31. The molecule has 7 heteroatoms. The van der Waals surface area contributed by atoms with E-state index in [0.717, 1.165) is 36.3 Å². The van der Waals surface area contributed by atoms with Crippen molar-refractivity contribution in [3.05, 3.63) is 70.2 Å². The lowest BCUT2D eigenvalue weighted by atomic mass is 9.92. The van der Waals surface area contributed by atoms with Gasteiger partial charge in [-0.1, -0.05) is 44.5 Å². The zero-order chi connectivity index (χ0) is 21.3. The lowest BCUT2D eigenvalue weighted by Gasteiger charge is -2.33. The minimum atomic E-state index is -0.172. The van der Waals surface area contributed by atoms with Crippen molar-refractivity contribution in [2.75, 3.05) is 6.54 Å². The molecule has 30 heavy (non-hydrogen) atoms. The van der Waals surface area contributed by atoms with Gasteiger partial charge in [-0.3, -0.25) is 9.89 Å². The fraction of sp³-hybridized carbons (Fsp3) is 0.435. The van der Waals surface area contributed by atoms with Crippen LogP contribution < -0.4 is 0 Å². The molecule has 1 aliphatic heterocycles. The van der Waals surface area contributed by atoms with E-state index in [1.165, 1.54) is 0 Å². The molecule has 4 rings (SSSR count). The molecule has 3 aromatic rings. The molecule has 0 radical (unpaired) electrons. The number of amides is 1. The van der Waals surface area contributed by atoms with E-state index in [4.69, 9.17) is 16.0 Å². The number of hydrogen-bond donors (Lipinski definition) is 1. The molecule has 6 nitrogen and oxygen atoms in total. The van der Waals surface area contributed by atoms with Crippen molar-refractivity contribution in [1.82, 2.24) is 20.1 Å². The number of nitrogens with one attached hydrogen (secondary N) is 1. The number of hydrogen-bond acceptors (Lipinski definition) is 4. The molecule has 1 aliphatic rings. The van der Waals surface area contributed by atoms with Gasteiger partial charge in [-0.2, -0.15) is 5.10 Å². The van der Waals surface area contributed by atoms with E-state index >= 15 is 0 Å². The van der Waals surface area contributed by atoms with E-state index in [1.807, 2.05) is 35.2 Å². The number of carbonyl (C=O) groups excluding carboxylic acids is 1. The Balaban J connectivity index is 1.53. The highest BCUT2D eigenvalue weighted by molar-refractivity contribution is 6.30. The maximum absolute atomic E-state index is 13.2. The quantitative estimate of drug-likeness (QED) is 0.613. The summed E-state index contributed by atoms with van der Waals surface area (Å²) in [6.07, 6.45) is 5.20. The number of likely N-dealkylation sites (tertiary alicyclic amines) is 1. The van der Waals surface area contributed by atoms with Crippen LogP contribution in [0.2, 0.25) is 5.02 Å². The molecule has 0 aliphatic carbocycles. The van der Waals surface area contributed by atoms with E-state index in [0.29, 0.717) is 29.6 Å². The van der Waals surface area contributed by atoms with Gasteiger partial charge >= 0.3 is 0 Å². The van der Waals surface area contributed by atoms with Crippen LogP contribution >= 0.6 is 11.6 Å². The van der Waals surface area contributed by atoms with Gasteiger partial charge in [0.05, 0.1) is 6.20 Å². The smallest absolute Gasteiger partial charge is 0.275 e. The second kappa shape index (κ2) is 8.26. The summed E-state index contributed by atoms with van der Waals surface area (Å²) in [4.78, 5) is 19.6. The number of aromatic amines is 1. The Kier molecular flexibility index (Phi) is 5.69. The predicted molar refractivity (Wildman–Crippen MR) is 116 cm³/mol. The number of nitrogens with zero attached hydrogens (tertiary/aromatic N) is 3. The van der Waals surface area contributed by atoms with Gasteiger partial charge in [0.15, 0.2) is 0 Å². The Morgan fingerprint density at radius 1 is 1.30 bits per heavy atom. The van der Waals surface area contributed by atoms with E-state index in [-0.39, 0.29) is 17.4 Å². The second-order valence-corrected chi connectivity index (χ2v) is 9.33. The molecule has 1 fully saturated rings. The van der Waals surface area contributed by atoms with Crippen LogP contribution in [0.4, 0.5) is 0 Å². The summed E-state index contributed by atoms with van der Waals surface area (Å²) in [7, 11) is 0. The van der Waals surface area contributed by atoms with Gasteiger partial charge in [0.1, 0.15) is 17.5 Å². The second-order valence-electron chi connectivity index (χ2n) is 8.90. The average Bonchev–Trinajstić information content (AvgIpc) is 3.37. The topological polar surface area (TPSA) is 75.0 Å². The highest BCUT2D eigenvalue weighted by Gasteiger charge is 2.33. The van der Waals surface area contributed by atoms with Crippen LogP contribution in [-0.4, -0.2) is 32.5 Å². The SMILES string of the molecule is CC(C)(C)c1cc(C(=O)N2CCCCC2c2ncc(Cc3cccc(Cl)c3)o2)n[nH]1. The molecule has 1 N–H and O–H groups in total. The van der Waals surface area contributed by atoms with Gasteiger partial charge in [-0.15, -0.1) is 0 Å². The van der Waals surface area contributed by atoms with Crippen molar-refractivity contribution in [1.29, 1.82) is 0 Å². The van der Waals surface area contributed by atoms with Crippen molar-refractivity contribution in [3.8, 4) is 0 Å². The molecule has 0 bridgehead atoms. The summed E-state index contributed by atoms with van der Waals surface area (Å²) in [6, 6.07) is 9.39. The monoisotopic (exact) mass is 426 g/mol. The zero-order valence-corrected chi connectivity index (χ0v) is 18.4. The summed E-state index contributed by atoms with van der Waals surface area (Å²) in [5.74, 6) is 1.27. The van der Waals surface area contributed by atoms with Crippen molar-refractivity contribution in [2.24, 2.45) is 0 Å². The first-order valence-corrected chi connectivity index (χ1v) is 10.7. The minimum Gasteiger partial charge on any atom is -0.443 e. The van der Waals surface area contributed by atoms with Crippen molar-refractivity contribution in [2.45, 2.75) is 57.9 Å². The average molecular weight is 427 g/mol. The molecule has 158 valence electrons. The molecule has 1 amide bonds. The molecule has 1 unspecified atom stereocenters. The first kappa shape index (κ1) is 20.7. The van der Waals surface area contributed by atoms with Gasteiger partial charge in [0.2, 0.25) is 5.89 Å². The maximum Gasteiger partial charge on any atom is 0.275 e. The molecule has 2 aromatic heterocycles. The molecule has 1 saturated heterocycles. The van der Waals surface area contributed by atoms with Crippen molar-refractivity contribution >= 4 is 17.5 Å². The molecule has 1 aromatic carbocycles. The summed E-state index contributed by atoms with van der Waals surface area (Å²) >= 11 is 6.08. The van der Waals surface area contributed by atoms with E-state index in [2.05, 4.69) is 36.0 Å². The summed E-state index contributed by atoms with van der Waals surface area (Å²) < 4.78 is 6.07. The van der Waals surface area contributed by atoms with Crippen LogP contribution in [0.15, 0.2) is 40.9 Å². The highest BCUT2D eigenvalue weighted by atomic mass is 35.5. The molecular weight excluding hydrogens is 400 g/mol. The number of benzene rings is 1. The lowest BCUT2D eigenvalue weighted by Crippen LogP contribution is -2.38. The third-order valence-electron chi connectivity index (χ3n) is 5.49. The molecule has 0 spiro atoms. The number of carbonyl (C=O) groups is 1. The normalized spacial score (nSPS) is 17.3. The largest absolute Gasteiger partial charge is 0.443 e. The van der Waals surface area contributed by atoms with Crippen LogP contribution in [0, 0.1) is 0 Å². The highest BCUT2D eigenvalue weighted by Crippen LogP contribution is 2.32. The fourth-order valence-corrected chi connectivity index (χ4v) is 4.01. The number of aromatic nitrogens is 3. The third kappa shape index (κ3) is 4.43. The van der Waals surface area contributed by atoms with Crippen LogP contribution in [-0.2, 0) is 11.8 Å². The molecule has 3 heterocycles. The van der Waals surface area contributed by atoms with E-state index in [1.54, 1.807) is 6.20 Å². The number of halogens is 1. The number of rotatable bonds is 4. The third-order valence-corrected chi connectivity index (χ3v) is 5.73.